The average molecular weight is 174 g/mol. The van der Waals surface area contributed by atoms with Gasteiger partial charge in [-0.2, -0.15) is 5.10 Å². The average Bonchev–Trinajstić information content (AvgIpc) is 2.06. The molecule has 0 amide bonds. The van der Waals surface area contributed by atoms with Crippen LogP contribution in [0.4, 0.5) is 8.78 Å². The molecule has 0 aliphatic carbocycles. The van der Waals surface area contributed by atoms with Crippen LogP contribution in [0.15, 0.2) is 6.07 Å². The van der Waals surface area contributed by atoms with E-state index < -0.39 is 5.92 Å². The van der Waals surface area contributed by atoms with Gasteiger partial charge in [-0.1, -0.05) is 0 Å². The van der Waals surface area contributed by atoms with Crippen LogP contribution in [0.1, 0.15) is 18.3 Å². The third-order valence-electron chi connectivity index (χ3n) is 1.53. The summed E-state index contributed by atoms with van der Waals surface area (Å²) in [6.45, 7) is 4.11. The molecule has 0 N–H and O–H groups in total. The molecule has 1 heterocycles. The number of aryl methyl sites for hydroxylation is 2. The summed E-state index contributed by atoms with van der Waals surface area (Å²) in [5.74, 6) is -2.69. The number of halogens is 2. The van der Waals surface area contributed by atoms with Crippen LogP contribution in [0.3, 0.4) is 0 Å². The van der Waals surface area contributed by atoms with Gasteiger partial charge in [0.2, 0.25) is 0 Å². The van der Waals surface area contributed by atoms with Gasteiger partial charge in [-0.3, -0.25) is 4.68 Å². The van der Waals surface area contributed by atoms with Crippen LogP contribution in [0.25, 0.3) is 0 Å². The van der Waals surface area contributed by atoms with Crippen LogP contribution in [0, 0.1) is 13.8 Å². The van der Waals surface area contributed by atoms with E-state index in [2.05, 4.69) is 5.10 Å². The molecule has 0 saturated heterocycles. The monoisotopic (exact) mass is 174 g/mol. The molecule has 0 saturated carbocycles. The molecule has 2 nitrogen and oxygen atoms in total. The van der Waals surface area contributed by atoms with Crippen molar-refractivity contribution in [2.24, 2.45) is 0 Å². The maximum Gasteiger partial charge on any atom is 0.264 e. The van der Waals surface area contributed by atoms with Crippen molar-refractivity contribution in [2.45, 2.75) is 33.2 Å². The highest BCUT2D eigenvalue weighted by atomic mass is 19.3. The van der Waals surface area contributed by atoms with Gasteiger partial charge in [0.15, 0.2) is 0 Å². The normalized spacial score (nSPS) is 12.1. The Hall–Kier alpha value is -0.930. The Morgan fingerprint density at radius 1 is 1.50 bits per heavy atom. The molecule has 12 heavy (non-hydrogen) atoms. The van der Waals surface area contributed by atoms with Crippen molar-refractivity contribution >= 4 is 0 Å². The molecule has 1 rings (SSSR count). The van der Waals surface area contributed by atoms with Crippen LogP contribution in [-0.2, 0) is 6.54 Å². The zero-order valence-corrected chi connectivity index (χ0v) is 7.43. The summed E-state index contributed by atoms with van der Waals surface area (Å²) >= 11 is 0. The van der Waals surface area contributed by atoms with Crippen molar-refractivity contribution in [3.8, 4) is 0 Å². The van der Waals surface area contributed by atoms with E-state index in [4.69, 9.17) is 0 Å². The molecule has 1 aromatic heterocycles. The third-order valence-corrected chi connectivity index (χ3v) is 1.53. The first-order valence-corrected chi connectivity index (χ1v) is 3.77. The van der Waals surface area contributed by atoms with Crippen molar-refractivity contribution in [3.05, 3.63) is 17.5 Å². The van der Waals surface area contributed by atoms with Gasteiger partial charge in [-0.05, 0) is 19.9 Å². The van der Waals surface area contributed by atoms with Gasteiger partial charge in [-0.15, -0.1) is 0 Å². The molecule has 0 aliphatic heterocycles. The van der Waals surface area contributed by atoms with Crippen LogP contribution in [0.5, 0.6) is 0 Å². The van der Waals surface area contributed by atoms with E-state index in [1.807, 2.05) is 0 Å². The molecule has 68 valence electrons. The molecule has 4 heteroatoms. The van der Waals surface area contributed by atoms with Crippen molar-refractivity contribution in [1.82, 2.24) is 9.78 Å². The number of rotatable bonds is 2. The second-order valence-corrected chi connectivity index (χ2v) is 3.15. The van der Waals surface area contributed by atoms with Gasteiger partial charge >= 0.3 is 0 Å². The van der Waals surface area contributed by atoms with E-state index in [0.717, 1.165) is 18.3 Å². The minimum absolute atomic E-state index is 0.341. The molecule has 0 bridgehead atoms. The first-order valence-electron chi connectivity index (χ1n) is 3.77. The van der Waals surface area contributed by atoms with Gasteiger partial charge < -0.3 is 0 Å². The van der Waals surface area contributed by atoms with Crippen molar-refractivity contribution in [3.63, 3.8) is 0 Å². The predicted molar refractivity (Wildman–Crippen MR) is 42.3 cm³/mol. The fourth-order valence-corrected chi connectivity index (χ4v) is 1.10. The van der Waals surface area contributed by atoms with Crippen LogP contribution in [-0.4, -0.2) is 15.7 Å². The van der Waals surface area contributed by atoms with Crippen LogP contribution < -0.4 is 0 Å². The zero-order chi connectivity index (χ0) is 9.35. The van der Waals surface area contributed by atoms with Gasteiger partial charge in [0.05, 0.1) is 5.69 Å². The van der Waals surface area contributed by atoms with Gasteiger partial charge in [-0.25, -0.2) is 8.78 Å². The molecular formula is C8H12F2N2. The van der Waals surface area contributed by atoms with E-state index in [0.29, 0.717) is 0 Å². The van der Waals surface area contributed by atoms with Gasteiger partial charge in [0, 0.05) is 12.6 Å². The smallest absolute Gasteiger partial charge is 0.264 e. The molecule has 0 unspecified atom stereocenters. The van der Waals surface area contributed by atoms with E-state index in [1.54, 1.807) is 19.9 Å². The summed E-state index contributed by atoms with van der Waals surface area (Å²) in [6, 6.07) is 1.78. The quantitative estimate of drug-likeness (QED) is 0.671. The Kier molecular flexibility index (Phi) is 2.17. The number of alkyl halides is 2. The van der Waals surface area contributed by atoms with Crippen molar-refractivity contribution in [1.29, 1.82) is 0 Å². The summed E-state index contributed by atoms with van der Waals surface area (Å²) < 4.78 is 26.4. The lowest BCUT2D eigenvalue weighted by molar-refractivity contribution is -0.0000424. The molecule has 0 spiro atoms. The summed E-state index contributed by atoms with van der Waals surface area (Å²) in [7, 11) is 0. The van der Waals surface area contributed by atoms with E-state index in [1.165, 1.54) is 4.68 Å². The minimum Gasteiger partial charge on any atom is -0.264 e. The van der Waals surface area contributed by atoms with Crippen molar-refractivity contribution in [2.75, 3.05) is 0 Å². The Bertz CT molecular complexity index is 273. The maximum absolute atomic E-state index is 12.5. The third kappa shape index (κ3) is 2.29. The molecule has 1 aromatic rings. The molecular weight excluding hydrogens is 162 g/mol. The highest BCUT2D eigenvalue weighted by molar-refractivity contribution is 5.06. The first kappa shape index (κ1) is 9.16. The number of nitrogens with zero attached hydrogens (tertiary/aromatic N) is 2. The van der Waals surface area contributed by atoms with Crippen LogP contribution in [0.2, 0.25) is 0 Å². The second kappa shape index (κ2) is 2.84. The second-order valence-electron chi connectivity index (χ2n) is 3.15. The maximum atomic E-state index is 12.5. The molecule has 0 atom stereocenters. The topological polar surface area (TPSA) is 17.8 Å². The van der Waals surface area contributed by atoms with Gasteiger partial charge in [0.1, 0.15) is 6.54 Å². The first-order chi connectivity index (χ1) is 5.38. The highest BCUT2D eigenvalue weighted by Crippen LogP contribution is 2.15. The minimum atomic E-state index is -2.69. The fourth-order valence-electron chi connectivity index (χ4n) is 1.10. The molecule has 0 aliphatic rings. The lowest BCUT2D eigenvalue weighted by atomic mass is 10.3. The number of hydrogen-bond acceptors (Lipinski definition) is 1. The van der Waals surface area contributed by atoms with Crippen molar-refractivity contribution < 1.29 is 8.78 Å². The largest absolute Gasteiger partial charge is 0.264 e. The SMILES string of the molecule is Cc1cc(C)n(CC(C)(F)F)n1. The summed E-state index contributed by atoms with van der Waals surface area (Å²) in [5, 5.41) is 3.93. The van der Waals surface area contributed by atoms with E-state index >= 15 is 0 Å². The fraction of sp³-hybridized carbons (Fsp3) is 0.625. The zero-order valence-electron chi connectivity index (χ0n) is 7.43. The standard InChI is InChI=1S/C8H12F2N2/c1-6-4-7(2)12(11-6)5-8(3,9)10/h4H,5H2,1-3H3. The lowest BCUT2D eigenvalue weighted by Gasteiger charge is -2.10. The van der Waals surface area contributed by atoms with E-state index in [-0.39, 0.29) is 6.54 Å². The Balaban J connectivity index is 2.82. The number of hydrogen-bond donors (Lipinski definition) is 0. The Morgan fingerprint density at radius 2 is 2.08 bits per heavy atom. The Labute approximate surface area is 70.2 Å². The molecule has 0 fully saturated rings. The van der Waals surface area contributed by atoms with Gasteiger partial charge in [0.25, 0.3) is 5.92 Å². The Morgan fingerprint density at radius 3 is 2.42 bits per heavy atom. The molecule has 0 aromatic carbocycles. The summed E-state index contributed by atoms with van der Waals surface area (Å²) in [4.78, 5) is 0. The van der Waals surface area contributed by atoms with E-state index in [9.17, 15) is 8.78 Å². The highest BCUT2D eigenvalue weighted by Gasteiger charge is 2.22. The summed E-state index contributed by atoms with van der Waals surface area (Å²) in [6.07, 6.45) is 0. The number of aromatic nitrogens is 2. The molecule has 0 radical (unpaired) electrons. The lowest BCUT2D eigenvalue weighted by Crippen LogP contribution is -2.20. The predicted octanol–water partition coefficient (Wildman–Crippen LogP) is 2.16. The summed E-state index contributed by atoms with van der Waals surface area (Å²) in [5.41, 5.74) is 1.55. The van der Waals surface area contributed by atoms with Crippen LogP contribution >= 0.6 is 0 Å².